The van der Waals surface area contributed by atoms with Crippen molar-refractivity contribution in [1.82, 2.24) is 9.62 Å². The van der Waals surface area contributed by atoms with Crippen LogP contribution in [0.2, 0.25) is 0 Å². The van der Waals surface area contributed by atoms with E-state index in [1.54, 1.807) is 27.1 Å². The van der Waals surface area contributed by atoms with Gasteiger partial charge >= 0.3 is 0 Å². The van der Waals surface area contributed by atoms with E-state index >= 15 is 0 Å². The normalized spacial score (nSPS) is 16.0. The molecule has 0 amide bonds. The number of thiophene rings is 2. The molecule has 3 rings (SSSR count). The Hall–Kier alpha value is -0.730. The topological polar surface area (TPSA) is 49.4 Å². The van der Waals surface area contributed by atoms with Gasteiger partial charge in [0.1, 0.15) is 0 Å². The van der Waals surface area contributed by atoms with E-state index in [-0.39, 0.29) is 0 Å². The quantitative estimate of drug-likeness (QED) is 0.909. The third-order valence-electron chi connectivity index (χ3n) is 3.59. The number of rotatable bonds is 5. The second kappa shape index (κ2) is 6.18. The molecule has 0 bridgehead atoms. The molecule has 3 heterocycles. The van der Waals surface area contributed by atoms with Crippen molar-refractivity contribution in [1.29, 1.82) is 0 Å². The van der Waals surface area contributed by atoms with Gasteiger partial charge in [0, 0.05) is 34.8 Å². The van der Waals surface area contributed by atoms with Crippen molar-refractivity contribution in [3.8, 4) is 0 Å². The smallest absolute Gasteiger partial charge is 0.244 e. The average Bonchev–Trinajstić information content (AvgIpc) is 3.13. The Morgan fingerprint density at radius 3 is 3.05 bits per heavy atom. The van der Waals surface area contributed by atoms with Gasteiger partial charge in [-0.3, -0.25) is 0 Å². The molecule has 4 nitrogen and oxygen atoms in total. The van der Waals surface area contributed by atoms with Crippen molar-refractivity contribution in [2.75, 3.05) is 13.1 Å². The van der Waals surface area contributed by atoms with E-state index in [1.165, 1.54) is 16.2 Å². The van der Waals surface area contributed by atoms with Crippen molar-refractivity contribution in [2.45, 2.75) is 31.3 Å². The van der Waals surface area contributed by atoms with Gasteiger partial charge in [-0.15, -0.1) is 22.7 Å². The molecule has 0 fully saturated rings. The summed E-state index contributed by atoms with van der Waals surface area (Å²) in [7, 11) is -3.37. The fourth-order valence-electron chi connectivity index (χ4n) is 2.41. The Bertz CT molecular complexity index is 718. The van der Waals surface area contributed by atoms with Crippen molar-refractivity contribution >= 4 is 32.7 Å². The van der Waals surface area contributed by atoms with Gasteiger partial charge < -0.3 is 5.32 Å². The third kappa shape index (κ3) is 3.07. The number of hydrogen-bond donors (Lipinski definition) is 1. The minimum absolute atomic E-state index is 0.430. The Labute approximate surface area is 133 Å². The monoisotopic (exact) mass is 342 g/mol. The maximum atomic E-state index is 12.7. The molecular weight excluding hydrogens is 324 g/mol. The van der Waals surface area contributed by atoms with Crippen LogP contribution in [-0.2, 0) is 29.5 Å². The highest BCUT2D eigenvalue weighted by Crippen LogP contribution is 2.29. The Balaban J connectivity index is 1.79. The van der Waals surface area contributed by atoms with E-state index in [1.807, 2.05) is 18.4 Å². The number of hydrogen-bond acceptors (Lipinski definition) is 5. The van der Waals surface area contributed by atoms with E-state index in [0.29, 0.717) is 18.0 Å². The zero-order chi connectivity index (χ0) is 14.9. The van der Waals surface area contributed by atoms with Gasteiger partial charge in [0.2, 0.25) is 10.0 Å². The lowest BCUT2D eigenvalue weighted by Crippen LogP contribution is -2.35. The minimum Gasteiger partial charge on any atom is -0.312 e. The first kappa shape index (κ1) is 15.2. The van der Waals surface area contributed by atoms with Crippen LogP contribution in [0, 0.1) is 0 Å². The standard InChI is InChI=1S/C14H18N2O2S3/c1-2-15-8-12-7-13(10-20-12)21(17,18)16-5-3-14-11(9-16)4-6-19-14/h4,6-7,10,15H,2-3,5,8-9H2,1H3. The molecule has 0 saturated heterocycles. The first-order valence-electron chi connectivity index (χ1n) is 6.95. The summed E-state index contributed by atoms with van der Waals surface area (Å²) in [5, 5.41) is 7.02. The fraction of sp³-hybridized carbons (Fsp3) is 0.429. The highest BCUT2D eigenvalue weighted by molar-refractivity contribution is 7.89. The van der Waals surface area contributed by atoms with Crippen LogP contribution in [0.15, 0.2) is 27.8 Å². The van der Waals surface area contributed by atoms with Crippen LogP contribution in [-0.4, -0.2) is 25.8 Å². The summed E-state index contributed by atoms with van der Waals surface area (Å²) in [5.41, 5.74) is 1.15. The van der Waals surface area contributed by atoms with Crippen molar-refractivity contribution in [3.05, 3.63) is 38.2 Å². The number of fused-ring (bicyclic) bond motifs is 1. The molecule has 0 aromatic carbocycles. The van der Waals surface area contributed by atoms with Gasteiger partial charge in [0.05, 0.1) is 4.90 Å². The summed E-state index contributed by atoms with van der Waals surface area (Å²) in [5.74, 6) is 0. The zero-order valence-corrected chi connectivity index (χ0v) is 14.3. The van der Waals surface area contributed by atoms with Gasteiger partial charge in [-0.1, -0.05) is 6.92 Å². The van der Waals surface area contributed by atoms with Gasteiger partial charge in [-0.2, -0.15) is 4.31 Å². The predicted molar refractivity (Wildman–Crippen MR) is 87.3 cm³/mol. The molecule has 1 aliphatic heterocycles. The van der Waals surface area contributed by atoms with Crippen LogP contribution in [0.3, 0.4) is 0 Å². The minimum atomic E-state index is -3.37. The van der Waals surface area contributed by atoms with E-state index in [2.05, 4.69) is 5.32 Å². The van der Waals surface area contributed by atoms with Crippen molar-refractivity contribution in [3.63, 3.8) is 0 Å². The van der Waals surface area contributed by atoms with E-state index in [0.717, 1.165) is 30.0 Å². The molecule has 0 atom stereocenters. The van der Waals surface area contributed by atoms with Crippen LogP contribution in [0.1, 0.15) is 22.2 Å². The van der Waals surface area contributed by atoms with E-state index < -0.39 is 10.0 Å². The zero-order valence-electron chi connectivity index (χ0n) is 11.8. The molecule has 21 heavy (non-hydrogen) atoms. The largest absolute Gasteiger partial charge is 0.312 e. The maximum absolute atomic E-state index is 12.7. The van der Waals surface area contributed by atoms with Crippen LogP contribution in [0.5, 0.6) is 0 Å². The fourth-order valence-corrected chi connectivity index (χ4v) is 5.95. The molecule has 0 spiro atoms. The van der Waals surface area contributed by atoms with Gasteiger partial charge in [-0.05, 0) is 36.0 Å². The SMILES string of the molecule is CCNCc1cc(S(=O)(=O)N2CCc3sccc3C2)cs1. The highest BCUT2D eigenvalue weighted by atomic mass is 32.2. The summed E-state index contributed by atoms with van der Waals surface area (Å²) >= 11 is 3.22. The Morgan fingerprint density at radius 1 is 1.38 bits per heavy atom. The lowest BCUT2D eigenvalue weighted by atomic mass is 10.1. The summed E-state index contributed by atoms with van der Waals surface area (Å²) in [6.07, 6.45) is 0.820. The highest BCUT2D eigenvalue weighted by Gasteiger charge is 2.29. The lowest BCUT2D eigenvalue weighted by molar-refractivity contribution is 0.394. The summed E-state index contributed by atoms with van der Waals surface area (Å²) < 4.78 is 27.0. The van der Waals surface area contributed by atoms with E-state index in [4.69, 9.17) is 0 Å². The number of nitrogens with one attached hydrogen (secondary N) is 1. The van der Waals surface area contributed by atoms with Crippen LogP contribution < -0.4 is 5.32 Å². The molecule has 7 heteroatoms. The van der Waals surface area contributed by atoms with E-state index in [9.17, 15) is 8.42 Å². The third-order valence-corrected chi connectivity index (χ3v) is 7.52. The molecule has 2 aromatic rings. The van der Waals surface area contributed by atoms with Crippen LogP contribution >= 0.6 is 22.7 Å². The number of sulfonamides is 1. The van der Waals surface area contributed by atoms with Gasteiger partial charge in [0.25, 0.3) is 0 Å². The average molecular weight is 343 g/mol. The molecule has 1 N–H and O–H groups in total. The molecule has 0 unspecified atom stereocenters. The molecule has 0 aliphatic carbocycles. The van der Waals surface area contributed by atoms with Crippen LogP contribution in [0.25, 0.3) is 0 Å². The summed E-state index contributed by atoms with van der Waals surface area (Å²) in [6, 6.07) is 3.83. The molecule has 1 aliphatic rings. The second-order valence-corrected chi connectivity index (χ2v) is 8.92. The second-order valence-electron chi connectivity index (χ2n) is 4.99. The summed E-state index contributed by atoms with van der Waals surface area (Å²) in [6.45, 7) is 4.73. The van der Waals surface area contributed by atoms with Gasteiger partial charge in [-0.25, -0.2) is 8.42 Å². The Kier molecular flexibility index (Phi) is 4.46. The molecular formula is C14H18N2O2S3. The van der Waals surface area contributed by atoms with Crippen molar-refractivity contribution in [2.24, 2.45) is 0 Å². The Morgan fingerprint density at radius 2 is 2.24 bits per heavy atom. The maximum Gasteiger partial charge on any atom is 0.244 e. The number of nitrogens with zero attached hydrogens (tertiary/aromatic N) is 1. The van der Waals surface area contributed by atoms with Crippen LogP contribution in [0.4, 0.5) is 0 Å². The van der Waals surface area contributed by atoms with Gasteiger partial charge in [0.15, 0.2) is 0 Å². The predicted octanol–water partition coefficient (Wildman–Crippen LogP) is 2.67. The molecule has 0 radical (unpaired) electrons. The first-order chi connectivity index (χ1) is 10.1. The summed E-state index contributed by atoms with van der Waals surface area (Å²) in [4.78, 5) is 2.81. The lowest BCUT2D eigenvalue weighted by Gasteiger charge is -2.25. The van der Waals surface area contributed by atoms with Crippen molar-refractivity contribution < 1.29 is 8.42 Å². The molecule has 114 valence electrons. The molecule has 2 aromatic heterocycles. The molecule has 0 saturated carbocycles. The first-order valence-corrected chi connectivity index (χ1v) is 10.1.